The first-order valence-electron chi connectivity index (χ1n) is 6.41. The number of aromatic nitrogens is 3. The van der Waals surface area contributed by atoms with Gasteiger partial charge in [0.15, 0.2) is 0 Å². The summed E-state index contributed by atoms with van der Waals surface area (Å²) in [5.41, 5.74) is 6.54. The second kappa shape index (κ2) is 6.60. The molecule has 6 nitrogen and oxygen atoms in total. The Kier molecular flexibility index (Phi) is 4.60. The van der Waals surface area contributed by atoms with Gasteiger partial charge < -0.3 is 10.6 Å². The van der Waals surface area contributed by atoms with Gasteiger partial charge in [-0.25, -0.2) is 9.97 Å². The molecule has 0 saturated carbocycles. The van der Waals surface area contributed by atoms with E-state index in [1.165, 1.54) is 0 Å². The fourth-order valence-electron chi connectivity index (χ4n) is 1.86. The number of anilines is 1. The fraction of sp³-hybridized carbons (Fsp3) is 0.286. The highest BCUT2D eigenvalue weighted by molar-refractivity contribution is 5.77. The van der Waals surface area contributed by atoms with E-state index in [2.05, 4.69) is 19.9 Å². The van der Waals surface area contributed by atoms with Crippen LogP contribution in [-0.2, 0) is 6.54 Å². The molecule has 6 heteroatoms. The summed E-state index contributed by atoms with van der Waals surface area (Å²) >= 11 is 0. The number of rotatable bonds is 6. The van der Waals surface area contributed by atoms with Crippen LogP contribution in [0.15, 0.2) is 36.8 Å². The first-order valence-corrected chi connectivity index (χ1v) is 6.41. The molecule has 0 saturated heterocycles. The van der Waals surface area contributed by atoms with Gasteiger partial charge in [-0.1, -0.05) is 6.07 Å². The van der Waals surface area contributed by atoms with Crippen molar-refractivity contribution in [2.45, 2.75) is 19.9 Å². The number of hydrogen-bond acceptors (Lipinski definition) is 5. The van der Waals surface area contributed by atoms with E-state index in [1.807, 2.05) is 31.3 Å². The molecule has 0 spiro atoms. The Hall–Kier alpha value is -2.50. The monoisotopic (exact) mass is 270 g/mol. The van der Waals surface area contributed by atoms with Crippen LogP contribution in [0.5, 0.6) is 0 Å². The first kappa shape index (κ1) is 13.9. The van der Waals surface area contributed by atoms with Gasteiger partial charge >= 0.3 is 0 Å². The molecule has 0 radical (unpaired) electrons. The maximum Gasteiger partial charge on any atom is 0.132 e. The molecule has 0 bridgehead atoms. The molecule has 2 rings (SSSR count). The minimum atomic E-state index is 0.173. The van der Waals surface area contributed by atoms with Crippen molar-refractivity contribution in [2.75, 3.05) is 11.4 Å². The van der Waals surface area contributed by atoms with Gasteiger partial charge in [-0.15, -0.1) is 0 Å². The molecule has 104 valence electrons. The molecule has 0 unspecified atom stereocenters. The Morgan fingerprint density at radius 3 is 2.85 bits per heavy atom. The number of pyridine rings is 1. The van der Waals surface area contributed by atoms with Crippen LogP contribution in [0.4, 0.5) is 5.82 Å². The molecule has 0 amide bonds. The molecule has 2 aromatic heterocycles. The maximum atomic E-state index is 7.38. The summed E-state index contributed by atoms with van der Waals surface area (Å²) in [6.45, 7) is 3.18. The van der Waals surface area contributed by atoms with E-state index in [-0.39, 0.29) is 5.84 Å². The summed E-state index contributed by atoms with van der Waals surface area (Å²) in [7, 11) is 0. The van der Waals surface area contributed by atoms with E-state index in [4.69, 9.17) is 11.1 Å². The van der Waals surface area contributed by atoms with E-state index in [9.17, 15) is 0 Å². The van der Waals surface area contributed by atoms with Crippen molar-refractivity contribution in [3.8, 4) is 0 Å². The molecule has 2 heterocycles. The van der Waals surface area contributed by atoms with Crippen molar-refractivity contribution in [1.29, 1.82) is 5.41 Å². The van der Waals surface area contributed by atoms with Crippen molar-refractivity contribution in [3.05, 3.63) is 48.2 Å². The molecule has 0 aromatic carbocycles. The van der Waals surface area contributed by atoms with Crippen LogP contribution in [0.25, 0.3) is 0 Å². The van der Waals surface area contributed by atoms with E-state index < -0.39 is 0 Å². The quantitative estimate of drug-likeness (QED) is 0.613. The fourth-order valence-corrected chi connectivity index (χ4v) is 1.86. The largest absolute Gasteiger partial charge is 0.388 e. The molecule has 0 aliphatic rings. The molecule has 0 aliphatic heterocycles. The topological polar surface area (TPSA) is 91.8 Å². The van der Waals surface area contributed by atoms with Crippen LogP contribution in [0.1, 0.15) is 17.8 Å². The average Bonchev–Trinajstić information content (AvgIpc) is 2.44. The number of nitrogens with one attached hydrogen (secondary N) is 1. The van der Waals surface area contributed by atoms with Gasteiger partial charge in [0, 0.05) is 38.1 Å². The first-order chi connectivity index (χ1) is 9.65. The number of nitrogens with two attached hydrogens (primary N) is 1. The predicted octanol–water partition coefficient (Wildman–Crippen LogP) is 1.51. The second-order valence-electron chi connectivity index (χ2n) is 4.52. The second-order valence-corrected chi connectivity index (χ2v) is 4.52. The van der Waals surface area contributed by atoms with Crippen molar-refractivity contribution in [2.24, 2.45) is 5.73 Å². The molecule has 0 fully saturated rings. The third-order valence-electron chi connectivity index (χ3n) is 2.83. The molecule has 0 aliphatic carbocycles. The van der Waals surface area contributed by atoms with Gasteiger partial charge in [-0.3, -0.25) is 10.4 Å². The number of hydrogen-bond donors (Lipinski definition) is 2. The highest BCUT2D eigenvalue weighted by Crippen LogP contribution is 2.14. The van der Waals surface area contributed by atoms with Gasteiger partial charge in [0.25, 0.3) is 0 Å². The molecule has 2 aromatic rings. The Balaban J connectivity index is 2.18. The van der Waals surface area contributed by atoms with Crippen LogP contribution < -0.4 is 10.6 Å². The molecule has 3 N–H and O–H groups in total. The Labute approximate surface area is 118 Å². The minimum Gasteiger partial charge on any atom is -0.388 e. The summed E-state index contributed by atoms with van der Waals surface area (Å²) < 4.78 is 0. The highest BCUT2D eigenvalue weighted by atomic mass is 15.2. The number of aryl methyl sites for hydroxylation is 1. The van der Waals surface area contributed by atoms with E-state index >= 15 is 0 Å². The Morgan fingerprint density at radius 1 is 1.35 bits per heavy atom. The molecule has 0 atom stereocenters. The maximum absolute atomic E-state index is 7.38. The lowest BCUT2D eigenvalue weighted by molar-refractivity contribution is 0.777. The highest BCUT2D eigenvalue weighted by Gasteiger charge is 2.10. The zero-order chi connectivity index (χ0) is 14.4. The minimum absolute atomic E-state index is 0.173. The summed E-state index contributed by atoms with van der Waals surface area (Å²) in [6.07, 6.45) is 5.82. The van der Waals surface area contributed by atoms with E-state index in [0.29, 0.717) is 19.5 Å². The van der Waals surface area contributed by atoms with Crippen molar-refractivity contribution in [3.63, 3.8) is 0 Å². The Bertz CT molecular complexity index is 569. The van der Waals surface area contributed by atoms with E-state index in [0.717, 1.165) is 17.2 Å². The zero-order valence-electron chi connectivity index (χ0n) is 11.5. The lowest BCUT2D eigenvalue weighted by Gasteiger charge is -2.23. The van der Waals surface area contributed by atoms with Gasteiger partial charge in [0.1, 0.15) is 11.6 Å². The zero-order valence-corrected chi connectivity index (χ0v) is 11.5. The van der Waals surface area contributed by atoms with Gasteiger partial charge in [-0.05, 0) is 24.6 Å². The third-order valence-corrected chi connectivity index (χ3v) is 2.83. The third kappa shape index (κ3) is 4.01. The Morgan fingerprint density at radius 2 is 2.20 bits per heavy atom. The normalized spacial score (nSPS) is 10.2. The molecule has 20 heavy (non-hydrogen) atoms. The number of amidine groups is 1. The van der Waals surface area contributed by atoms with Gasteiger partial charge in [0.2, 0.25) is 0 Å². The lowest BCUT2D eigenvalue weighted by Crippen LogP contribution is -2.28. The van der Waals surface area contributed by atoms with Crippen LogP contribution >= 0.6 is 0 Å². The van der Waals surface area contributed by atoms with Gasteiger partial charge in [-0.2, -0.15) is 0 Å². The van der Waals surface area contributed by atoms with Gasteiger partial charge in [0.05, 0.1) is 5.84 Å². The van der Waals surface area contributed by atoms with Crippen LogP contribution in [-0.4, -0.2) is 27.3 Å². The van der Waals surface area contributed by atoms with Crippen LogP contribution in [0.3, 0.4) is 0 Å². The van der Waals surface area contributed by atoms with E-state index in [1.54, 1.807) is 12.4 Å². The molecular weight excluding hydrogens is 252 g/mol. The van der Waals surface area contributed by atoms with Crippen LogP contribution in [0, 0.1) is 12.3 Å². The molecular formula is C14H18N6. The SMILES string of the molecule is Cc1nccc(N(CCC(=N)N)Cc2cccnc2)n1. The number of nitrogens with zero attached hydrogens (tertiary/aromatic N) is 4. The van der Waals surface area contributed by atoms with Crippen LogP contribution in [0.2, 0.25) is 0 Å². The predicted molar refractivity (Wildman–Crippen MR) is 78.6 cm³/mol. The average molecular weight is 270 g/mol. The smallest absolute Gasteiger partial charge is 0.132 e. The van der Waals surface area contributed by atoms with Crippen molar-refractivity contribution < 1.29 is 0 Å². The standard InChI is InChI=1S/C14H18N6/c1-11-18-7-4-14(19-11)20(8-5-13(15)16)10-12-3-2-6-17-9-12/h2-4,6-7,9H,5,8,10H2,1H3,(H3,15,16). The summed E-state index contributed by atoms with van der Waals surface area (Å²) in [5, 5.41) is 7.38. The summed E-state index contributed by atoms with van der Waals surface area (Å²) in [6, 6.07) is 5.79. The lowest BCUT2D eigenvalue weighted by atomic mass is 10.2. The van der Waals surface area contributed by atoms with Crippen molar-refractivity contribution >= 4 is 11.7 Å². The summed E-state index contributed by atoms with van der Waals surface area (Å²) in [5.74, 6) is 1.73. The van der Waals surface area contributed by atoms with Crippen molar-refractivity contribution in [1.82, 2.24) is 15.0 Å². The summed E-state index contributed by atoms with van der Waals surface area (Å²) in [4.78, 5) is 14.7.